The van der Waals surface area contributed by atoms with Crippen LogP contribution in [0, 0.1) is 6.92 Å². The summed E-state index contributed by atoms with van der Waals surface area (Å²) in [6.45, 7) is 2.97. The maximum absolute atomic E-state index is 10.9. The first-order valence-electron chi connectivity index (χ1n) is 6.85. The number of amides is 2. The first kappa shape index (κ1) is 15.8. The molecule has 3 N–H and O–H groups in total. The van der Waals surface area contributed by atoms with Gasteiger partial charge in [0.1, 0.15) is 6.61 Å². The average molecular weight is 301 g/mol. The van der Waals surface area contributed by atoms with Gasteiger partial charge in [0.2, 0.25) is 5.88 Å². The lowest BCUT2D eigenvalue weighted by Crippen LogP contribution is -2.19. The van der Waals surface area contributed by atoms with E-state index in [9.17, 15) is 4.79 Å². The highest BCUT2D eigenvalue weighted by Crippen LogP contribution is 2.27. The number of aromatic nitrogens is 1. The summed E-state index contributed by atoms with van der Waals surface area (Å²) >= 11 is 0. The van der Waals surface area contributed by atoms with Gasteiger partial charge in [-0.3, -0.25) is 0 Å². The number of nitrogens with two attached hydrogens (primary N) is 1. The van der Waals surface area contributed by atoms with Gasteiger partial charge in [-0.05, 0) is 36.2 Å². The zero-order valence-electron chi connectivity index (χ0n) is 12.6. The van der Waals surface area contributed by atoms with Crippen molar-refractivity contribution >= 4 is 11.7 Å². The molecule has 6 heteroatoms. The first-order chi connectivity index (χ1) is 10.6. The van der Waals surface area contributed by atoms with Crippen molar-refractivity contribution in [2.24, 2.45) is 5.73 Å². The number of benzene rings is 1. The second-order valence-electron chi connectivity index (χ2n) is 4.75. The van der Waals surface area contributed by atoms with Crippen LogP contribution in [0.2, 0.25) is 0 Å². The van der Waals surface area contributed by atoms with E-state index < -0.39 is 6.03 Å². The predicted molar refractivity (Wildman–Crippen MR) is 85.0 cm³/mol. The van der Waals surface area contributed by atoms with Crippen LogP contribution in [0.3, 0.4) is 0 Å². The quantitative estimate of drug-likeness (QED) is 0.803. The van der Waals surface area contributed by atoms with E-state index in [-0.39, 0.29) is 0 Å². The summed E-state index contributed by atoms with van der Waals surface area (Å²) in [5.74, 6) is 0.546. The van der Waals surface area contributed by atoms with Crippen molar-refractivity contribution in [2.45, 2.75) is 6.92 Å². The third kappa shape index (κ3) is 4.20. The Labute approximate surface area is 129 Å². The standard InChI is InChI=1S/C16H19N3O3/c1-11-3-5-13(19-16(17)20)9-14(11)12-4-6-15(18-10-12)22-8-7-21-2/h3-6,9-10H,7-8H2,1-2H3,(H3,17,19,20). The second kappa shape index (κ2) is 7.42. The normalized spacial score (nSPS) is 10.3. The van der Waals surface area contributed by atoms with Crippen LogP contribution < -0.4 is 15.8 Å². The van der Waals surface area contributed by atoms with E-state index in [4.69, 9.17) is 15.2 Å². The summed E-state index contributed by atoms with van der Waals surface area (Å²) in [5, 5.41) is 2.57. The third-order valence-corrected chi connectivity index (χ3v) is 3.09. The van der Waals surface area contributed by atoms with E-state index in [2.05, 4.69) is 10.3 Å². The minimum Gasteiger partial charge on any atom is -0.475 e. The van der Waals surface area contributed by atoms with Gasteiger partial charge in [-0.2, -0.15) is 0 Å². The van der Waals surface area contributed by atoms with Crippen LogP contribution >= 0.6 is 0 Å². The Bertz CT molecular complexity index is 642. The fourth-order valence-electron chi connectivity index (χ4n) is 2.01. The van der Waals surface area contributed by atoms with E-state index in [0.29, 0.717) is 24.8 Å². The number of rotatable bonds is 6. The van der Waals surface area contributed by atoms with Crippen LogP contribution in [-0.2, 0) is 4.74 Å². The van der Waals surface area contributed by atoms with Gasteiger partial charge in [-0.1, -0.05) is 6.07 Å². The van der Waals surface area contributed by atoms with Crippen LogP contribution in [0.15, 0.2) is 36.5 Å². The van der Waals surface area contributed by atoms with Crippen molar-refractivity contribution in [3.05, 3.63) is 42.1 Å². The van der Waals surface area contributed by atoms with Crippen molar-refractivity contribution in [1.29, 1.82) is 0 Å². The Hall–Kier alpha value is -2.60. The minimum atomic E-state index is -0.588. The fourth-order valence-corrected chi connectivity index (χ4v) is 2.01. The van der Waals surface area contributed by atoms with Gasteiger partial charge < -0.3 is 20.5 Å². The number of carbonyl (C=O) groups is 1. The SMILES string of the molecule is COCCOc1ccc(-c2cc(NC(N)=O)ccc2C)cn1. The first-order valence-corrected chi connectivity index (χ1v) is 6.85. The van der Waals surface area contributed by atoms with Crippen molar-refractivity contribution < 1.29 is 14.3 Å². The van der Waals surface area contributed by atoms with Crippen LogP contribution in [0.25, 0.3) is 11.1 Å². The predicted octanol–water partition coefficient (Wildman–Crippen LogP) is 2.57. The van der Waals surface area contributed by atoms with Crippen LogP contribution in [0.1, 0.15) is 5.56 Å². The number of anilines is 1. The number of primary amides is 1. The van der Waals surface area contributed by atoms with Gasteiger partial charge >= 0.3 is 6.03 Å². The summed E-state index contributed by atoms with van der Waals surface area (Å²) in [6.07, 6.45) is 1.73. The topological polar surface area (TPSA) is 86.5 Å². The lowest BCUT2D eigenvalue weighted by molar-refractivity contribution is 0.144. The van der Waals surface area contributed by atoms with E-state index >= 15 is 0 Å². The smallest absolute Gasteiger partial charge is 0.316 e. The Balaban J connectivity index is 2.18. The van der Waals surface area contributed by atoms with Crippen molar-refractivity contribution in [3.63, 3.8) is 0 Å². The van der Waals surface area contributed by atoms with Gasteiger partial charge in [0.05, 0.1) is 6.61 Å². The average Bonchev–Trinajstić information content (AvgIpc) is 2.50. The number of hydrogen-bond donors (Lipinski definition) is 2. The van der Waals surface area contributed by atoms with E-state index in [0.717, 1.165) is 16.7 Å². The third-order valence-electron chi connectivity index (χ3n) is 3.09. The number of pyridine rings is 1. The van der Waals surface area contributed by atoms with Gasteiger partial charge in [0.15, 0.2) is 0 Å². The second-order valence-corrected chi connectivity index (χ2v) is 4.75. The molecule has 0 aliphatic heterocycles. The largest absolute Gasteiger partial charge is 0.475 e. The highest BCUT2D eigenvalue weighted by molar-refractivity contribution is 5.89. The highest BCUT2D eigenvalue weighted by Gasteiger charge is 2.06. The molecule has 2 amide bonds. The maximum atomic E-state index is 10.9. The summed E-state index contributed by atoms with van der Waals surface area (Å²) in [6, 6.07) is 8.73. The summed E-state index contributed by atoms with van der Waals surface area (Å²) in [4.78, 5) is 15.2. The van der Waals surface area contributed by atoms with Gasteiger partial charge in [0, 0.05) is 30.6 Å². The molecule has 1 aromatic heterocycles. The number of methoxy groups -OCH3 is 1. The highest BCUT2D eigenvalue weighted by atomic mass is 16.5. The van der Waals surface area contributed by atoms with Crippen LogP contribution in [0.5, 0.6) is 5.88 Å². The molecule has 116 valence electrons. The molecule has 22 heavy (non-hydrogen) atoms. The van der Waals surface area contributed by atoms with Gasteiger partial charge in [0.25, 0.3) is 0 Å². The molecular formula is C16H19N3O3. The molecule has 0 spiro atoms. The number of aryl methyl sites for hydroxylation is 1. The Morgan fingerprint density at radius 2 is 2.09 bits per heavy atom. The molecule has 0 atom stereocenters. The minimum absolute atomic E-state index is 0.458. The van der Waals surface area contributed by atoms with Crippen LogP contribution in [0.4, 0.5) is 10.5 Å². The number of carbonyl (C=O) groups excluding carboxylic acids is 1. The molecule has 1 aromatic carbocycles. The van der Waals surface area contributed by atoms with Crippen molar-refractivity contribution in [3.8, 4) is 17.0 Å². The van der Waals surface area contributed by atoms with E-state index in [1.165, 1.54) is 0 Å². The zero-order chi connectivity index (χ0) is 15.9. The molecule has 2 aromatic rings. The molecule has 0 radical (unpaired) electrons. The van der Waals surface area contributed by atoms with E-state index in [1.807, 2.05) is 25.1 Å². The lowest BCUT2D eigenvalue weighted by Gasteiger charge is -2.10. The molecule has 0 unspecified atom stereocenters. The number of urea groups is 1. The Morgan fingerprint density at radius 3 is 2.73 bits per heavy atom. The number of nitrogens with one attached hydrogen (secondary N) is 1. The molecule has 0 aliphatic carbocycles. The van der Waals surface area contributed by atoms with Crippen molar-refractivity contribution in [2.75, 3.05) is 25.6 Å². The molecule has 0 aliphatic rings. The molecule has 1 heterocycles. The summed E-state index contributed by atoms with van der Waals surface area (Å²) < 4.78 is 10.4. The fraction of sp³-hybridized carbons (Fsp3) is 0.250. The monoisotopic (exact) mass is 301 g/mol. The number of hydrogen-bond acceptors (Lipinski definition) is 4. The summed E-state index contributed by atoms with van der Waals surface area (Å²) in [7, 11) is 1.62. The van der Waals surface area contributed by atoms with Crippen molar-refractivity contribution in [1.82, 2.24) is 4.98 Å². The Morgan fingerprint density at radius 1 is 1.27 bits per heavy atom. The van der Waals surface area contributed by atoms with E-state index in [1.54, 1.807) is 25.4 Å². The van der Waals surface area contributed by atoms with Crippen LogP contribution in [-0.4, -0.2) is 31.3 Å². The molecule has 0 fully saturated rings. The Kier molecular flexibility index (Phi) is 5.32. The lowest BCUT2D eigenvalue weighted by atomic mass is 10.0. The molecule has 0 saturated carbocycles. The molecule has 2 rings (SSSR count). The summed E-state index contributed by atoms with van der Waals surface area (Å²) in [5.41, 5.74) is 8.77. The van der Waals surface area contributed by atoms with Gasteiger partial charge in [-0.25, -0.2) is 9.78 Å². The molecule has 0 bridgehead atoms. The molecule has 6 nitrogen and oxygen atoms in total. The zero-order valence-corrected chi connectivity index (χ0v) is 12.6. The molecule has 0 saturated heterocycles. The molecular weight excluding hydrogens is 282 g/mol. The van der Waals surface area contributed by atoms with Gasteiger partial charge in [-0.15, -0.1) is 0 Å². The number of nitrogens with zero attached hydrogens (tertiary/aromatic N) is 1. The maximum Gasteiger partial charge on any atom is 0.316 e. The number of ether oxygens (including phenoxy) is 2.